The van der Waals surface area contributed by atoms with Crippen molar-refractivity contribution in [3.8, 4) is 11.5 Å². The molecule has 0 fully saturated rings. The maximum absolute atomic E-state index is 14.1. The van der Waals surface area contributed by atoms with Crippen molar-refractivity contribution in [2.75, 3.05) is 0 Å². The molecule has 0 saturated carbocycles. The molecule has 16 heteroatoms. The van der Waals surface area contributed by atoms with E-state index < -0.39 is 46.2 Å². The lowest BCUT2D eigenvalue weighted by Crippen LogP contribution is -2.16. The summed E-state index contributed by atoms with van der Waals surface area (Å²) in [6.45, 7) is 5.70. The van der Waals surface area contributed by atoms with Gasteiger partial charge in [-0.2, -0.15) is 0 Å². The summed E-state index contributed by atoms with van der Waals surface area (Å²) in [4.78, 5) is 41.2. The van der Waals surface area contributed by atoms with Gasteiger partial charge >= 0.3 is 0 Å². The van der Waals surface area contributed by atoms with E-state index in [0.29, 0.717) is 22.0 Å². The number of halogens is 4. The van der Waals surface area contributed by atoms with Crippen LogP contribution in [0.15, 0.2) is 61.4 Å². The van der Waals surface area contributed by atoms with E-state index in [1.165, 1.54) is 22.7 Å². The molecule has 10 nitrogen and oxygen atoms in total. The van der Waals surface area contributed by atoms with Crippen molar-refractivity contribution in [2.45, 2.75) is 39.4 Å². The van der Waals surface area contributed by atoms with Crippen LogP contribution in [-0.4, -0.2) is 31.8 Å². The van der Waals surface area contributed by atoms with Crippen molar-refractivity contribution in [3.63, 3.8) is 0 Å². The van der Waals surface area contributed by atoms with Crippen molar-refractivity contribution in [3.05, 3.63) is 117 Å². The van der Waals surface area contributed by atoms with Gasteiger partial charge in [0.1, 0.15) is 66.7 Å². The fourth-order valence-electron chi connectivity index (χ4n) is 4.67. The molecule has 4 heterocycles. The fourth-order valence-corrected chi connectivity index (χ4v) is 6.27. The minimum atomic E-state index is -1.20. The third kappa shape index (κ3) is 8.20. The molecule has 50 heavy (non-hydrogen) atoms. The van der Waals surface area contributed by atoms with Gasteiger partial charge in [0.05, 0.1) is 0 Å². The predicted molar refractivity (Wildman–Crippen MR) is 181 cm³/mol. The van der Waals surface area contributed by atoms with Crippen LogP contribution in [0, 0.1) is 23.3 Å². The Morgan fingerprint density at radius 2 is 1.24 bits per heavy atom. The summed E-state index contributed by atoms with van der Waals surface area (Å²) in [5.41, 5.74) is 11.9. The maximum atomic E-state index is 14.1. The molecule has 2 amide bonds. The topological polar surface area (TPSA) is 156 Å². The summed E-state index contributed by atoms with van der Waals surface area (Å²) in [6.07, 6.45) is 7.94. The summed E-state index contributed by atoms with van der Waals surface area (Å²) in [6, 6.07) is 7.95. The Bertz CT molecular complexity index is 2230. The molecule has 0 aliphatic rings. The van der Waals surface area contributed by atoms with Crippen molar-refractivity contribution < 1.29 is 36.6 Å². The highest BCUT2D eigenvalue weighted by molar-refractivity contribution is 7.18. The Kier molecular flexibility index (Phi) is 11.3. The van der Waals surface area contributed by atoms with Crippen LogP contribution in [0.25, 0.3) is 20.7 Å². The number of hydrogen-bond donors (Lipinski definition) is 2. The van der Waals surface area contributed by atoms with Crippen LogP contribution in [0.3, 0.4) is 0 Å². The van der Waals surface area contributed by atoms with Crippen LogP contribution in [0.5, 0.6) is 11.5 Å². The number of benzene rings is 2. The monoisotopic (exact) mass is 724 g/mol. The van der Waals surface area contributed by atoms with Gasteiger partial charge in [-0.1, -0.05) is 42.1 Å². The van der Waals surface area contributed by atoms with Crippen molar-refractivity contribution in [1.82, 2.24) is 19.9 Å². The summed E-state index contributed by atoms with van der Waals surface area (Å²) >= 11 is 2.63. The lowest BCUT2D eigenvalue weighted by Gasteiger charge is -2.08. The van der Waals surface area contributed by atoms with E-state index in [2.05, 4.69) is 33.4 Å². The van der Waals surface area contributed by atoms with Crippen LogP contribution < -0.4 is 20.9 Å². The molecule has 0 radical (unpaired) electrons. The van der Waals surface area contributed by atoms with Gasteiger partial charge in [-0.15, -0.1) is 6.58 Å². The highest BCUT2D eigenvalue weighted by atomic mass is 32.1. The molecule has 0 bridgehead atoms. The van der Waals surface area contributed by atoms with Crippen molar-refractivity contribution in [1.29, 1.82) is 0 Å². The van der Waals surface area contributed by atoms with Crippen LogP contribution in [0.2, 0.25) is 0 Å². The zero-order valence-corrected chi connectivity index (χ0v) is 28.0. The van der Waals surface area contributed by atoms with Gasteiger partial charge in [0.15, 0.2) is 23.1 Å². The first-order valence-electron chi connectivity index (χ1n) is 14.9. The second kappa shape index (κ2) is 15.8. The number of primary amides is 2. The normalized spacial score (nSPS) is 10.9. The number of fused-ring (bicyclic) bond motifs is 2. The third-order valence-electron chi connectivity index (χ3n) is 6.92. The van der Waals surface area contributed by atoms with Gasteiger partial charge in [0, 0.05) is 12.4 Å². The smallest absolute Gasteiger partial charge is 0.254 e. The zero-order chi connectivity index (χ0) is 35.9. The number of ether oxygens (including phenoxy) is 2. The Morgan fingerprint density at radius 3 is 1.68 bits per heavy atom. The summed E-state index contributed by atoms with van der Waals surface area (Å²) in [5.74, 6) is -7.20. The average molecular weight is 725 g/mol. The Balaban J connectivity index is 0.000000194. The Morgan fingerprint density at radius 1 is 0.780 bits per heavy atom. The van der Waals surface area contributed by atoms with E-state index in [-0.39, 0.29) is 24.7 Å². The zero-order valence-electron chi connectivity index (χ0n) is 26.3. The molecular weight excluding hydrogens is 697 g/mol. The number of aromatic nitrogens is 4. The minimum Gasteiger partial charge on any atom is -0.483 e. The molecule has 0 aliphatic carbocycles. The number of pyridine rings is 2. The SMILES string of the molecule is C=CCc1cnc2sc(COc3ccc(F)c(C(N)=O)c3F)nc2c1.CCCc1cnc2sc(COc3ccc(F)c(C(N)=O)c3F)nc2c1. The lowest BCUT2D eigenvalue weighted by atomic mass is 10.1. The maximum Gasteiger partial charge on any atom is 0.254 e. The number of nitrogens with zero attached hydrogens (tertiary/aromatic N) is 4. The van der Waals surface area contributed by atoms with Gasteiger partial charge in [-0.05, 0) is 60.4 Å². The van der Waals surface area contributed by atoms with Gasteiger partial charge in [-0.3, -0.25) is 9.59 Å². The highest BCUT2D eigenvalue weighted by Gasteiger charge is 2.21. The molecule has 6 aromatic rings. The standard InChI is InChI=1S/C17H15F2N3O2S.C17H13F2N3O2S/c2*1-2-3-9-6-11-17(21-7-9)25-13(22-11)8-24-12-5-4-10(18)14(15(12)19)16(20)23/h4-7H,2-3,8H2,1H3,(H2,20,23);2,4-7H,1,3,8H2,(H2,20,23). The number of allylic oxidation sites excluding steroid dienone is 1. The number of nitrogens with two attached hydrogens (primary N) is 2. The van der Waals surface area contributed by atoms with Gasteiger partial charge in [0.25, 0.3) is 11.8 Å². The number of amides is 2. The number of thiazole rings is 2. The molecule has 4 N–H and O–H groups in total. The van der Waals surface area contributed by atoms with E-state index in [0.717, 1.165) is 63.4 Å². The van der Waals surface area contributed by atoms with Crippen LogP contribution >= 0.6 is 22.7 Å². The molecule has 6 rings (SSSR count). The second-order valence-corrected chi connectivity index (χ2v) is 12.7. The number of hydrogen-bond acceptors (Lipinski definition) is 10. The van der Waals surface area contributed by atoms with Gasteiger partial charge in [-0.25, -0.2) is 37.5 Å². The van der Waals surface area contributed by atoms with Crippen LogP contribution in [-0.2, 0) is 26.1 Å². The third-order valence-corrected chi connectivity index (χ3v) is 8.83. The Labute approximate surface area is 290 Å². The molecule has 0 spiro atoms. The van der Waals surface area contributed by atoms with E-state index in [4.69, 9.17) is 20.9 Å². The number of rotatable bonds is 12. The van der Waals surface area contributed by atoms with Crippen LogP contribution in [0.1, 0.15) is 55.2 Å². The number of aryl methyl sites for hydroxylation is 1. The second-order valence-electron chi connectivity index (χ2n) is 10.6. The number of carbonyl (C=O) groups excluding carboxylic acids is 2. The lowest BCUT2D eigenvalue weighted by molar-refractivity contribution is 0.0982. The van der Waals surface area contributed by atoms with Crippen molar-refractivity contribution in [2.24, 2.45) is 11.5 Å². The Hall–Kier alpha value is -5.48. The molecule has 0 aliphatic heterocycles. The molecule has 0 unspecified atom stereocenters. The summed E-state index contributed by atoms with van der Waals surface area (Å²) in [5, 5.41) is 1.17. The summed E-state index contributed by atoms with van der Waals surface area (Å²) in [7, 11) is 0. The largest absolute Gasteiger partial charge is 0.483 e. The van der Waals surface area contributed by atoms with Crippen LogP contribution in [0.4, 0.5) is 17.6 Å². The molecule has 2 aromatic carbocycles. The fraction of sp³-hybridized carbons (Fsp3) is 0.176. The molecule has 4 aromatic heterocycles. The van der Waals surface area contributed by atoms with E-state index in [1.54, 1.807) is 12.3 Å². The van der Waals surface area contributed by atoms with E-state index in [9.17, 15) is 27.2 Å². The van der Waals surface area contributed by atoms with E-state index in [1.807, 2.05) is 18.3 Å². The first kappa shape index (κ1) is 35.8. The quantitative estimate of drug-likeness (QED) is 0.101. The molecule has 258 valence electrons. The van der Waals surface area contributed by atoms with Crippen molar-refractivity contribution >= 4 is 55.2 Å². The van der Waals surface area contributed by atoms with Gasteiger partial charge in [0.2, 0.25) is 0 Å². The molecular formula is C34H28F4N6O4S2. The molecule has 0 atom stereocenters. The molecule has 0 saturated heterocycles. The van der Waals surface area contributed by atoms with E-state index >= 15 is 0 Å². The predicted octanol–water partition coefficient (Wildman–Crippen LogP) is 6.98. The summed E-state index contributed by atoms with van der Waals surface area (Å²) < 4.78 is 65.9. The number of carbonyl (C=O) groups is 2. The first-order chi connectivity index (χ1) is 24.0. The first-order valence-corrected chi connectivity index (χ1v) is 16.5. The minimum absolute atomic E-state index is 0.0229. The highest BCUT2D eigenvalue weighted by Crippen LogP contribution is 2.28. The van der Waals surface area contributed by atoms with Gasteiger partial charge < -0.3 is 20.9 Å². The average Bonchev–Trinajstić information content (AvgIpc) is 3.67.